The Hall–Kier alpha value is -0.850. The molecule has 0 radical (unpaired) electrons. The average Bonchev–Trinajstić information content (AvgIpc) is 2.88. The van der Waals surface area contributed by atoms with E-state index in [2.05, 4.69) is 30.0 Å². The first-order valence-electron chi connectivity index (χ1n) is 7.09. The van der Waals surface area contributed by atoms with Gasteiger partial charge in [-0.2, -0.15) is 0 Å². The molecular weight excluding hydrogens is 326 g/mol. The maximum atomic E-state index is 11.9. The maximum Gasteiger partial charge on any atom is 0.279 e. The summed E-state index contributed by atoms with van der Waals surface area (Å²) in [5.74, 6) is 1.04. The van der Waals surface area contributed by atoms with Crippen molar-refractivity contribution in [3.8, 4) is 0 Å². The Balaban J connectivity index is 1.78. The molecule has 1 aromatic rings. The fourth-order valence-electron chi connectivity index (χ4n) is 2.60. The molecule has 1 aliphatic rings. The molecule has 1 fully saturated rings. The number of amides is 1. The number of halogens is 1. The van der Waals surface area contributed by atoms with Gasteiger partial charge >= 0.3 is 0 Å². The predicted molar refractivity (Wildman–Crippen MR) is 91.6 cm³/mol. The standard InChI is InChI=1S/C14H20ClN3OS2/c1-8-4-3-5-10(9(8)2)16-14(20)18-17-13(19)11-6-7-12(15)21-11/h6-10H,3-5H2,1-2H3,(H,17,19)(H2,16,18,20)/t8-,9+,10+/m0/s1. The summed E-state index contributed by atoms with van der Waals surface area (Å²) in [5, 5.41) is 3.75. The zero-order valence-corrected chi connectivity index (χ0v) is 14.5. The van der Waals surface area contributed by atoms with E-state index in [9.17, 15) is 4.79 Å². The quantitative estimate of drug-likeness (QED) is 0.568. The van der Waals surface area contributed by atoms with Crippen molar-refractivity contribution in [3.63, 3.8) is 0 Å². The van der Waals surface area contributed by atoms with Crippen LogP contribution in [-0.4, -0.2) is 17.1 Å². The minimum atomic E-state index is -0.235. The van der Waals surface area contributed by atoms with E-state index in [-0.39, 0.29) is 5.91 Å². The highest BCUT2D eigenvalue weighted by molar-refractivity contribution is 7.80. The highest BCUT2D eigenvalue weighted by Crippen LogP contribution is 2.29. The van der Waals surface area contributed by atoms with Gasteiger partial charge in [0.15, 0.2) is 5.11 Å². The van der Waals surface area contributed by atoms with Gasteiger partial charge in [0.05, 0.1) is 9.21 Å². The number of hydrazine groups is 1. The number of thiocarbonyl (C=S) groups is 1. The zero-order valence-electron chi connectivity index (χ0n) is 12.1. The highest BCUT2D eigenvalue weighted by Gasteiger charge is 2.27. The van der Waals surface area contributed by atoms with Gasteiger partial charge in [-0.05, 0) is 42.6 Å². The van der Waals surface area contributed by atoms with E-state index in [4.69, 9.17) is 23.8 Å². The maximum absolute atomic E-state index is 11.9. The van der Waals surface area contributed by atoms with Gasteiger partial charge in [0.1, 0.15) is 0 Å². The molecule has 0 bridgehead atoms. The molecule has 1 aromatic heterocycles. The van der Waals surface area contributed by atoms with Crippen LogP contribution >= 0.6 is 35.2 Å². The summed E-state index contributed by atoms with van der Waals surface area (Å²) >= 11 is 12.3. The first-order valence-corrected chi connectivity index (χ1v) is 8.70. The number of nitrogens with one attached hydrogen (secondary N) is 3. The molecule has 0 saturated heterocycles. The average molecular weight is 346 g/mol. The largest absolute Gasteiger partial charge is 0.358 e. The van der Waals surface area contributed by atoms with Gasteiger partial charge in [-0.15, -0.1) is 11.3 Å². The third kappa shape index (κ3) is 4.56. The van der Waals surface area contributed by atoms with Crippen LogP contribution in [0.5, 0.6) is 0 Å². The van der Waals surface area contributed by atoms with Gasteiger partial charge in [-0.25, -0.2) is 0 Å². The molecule has 2 rings (SSSR count). The number of rotatable bonds is 2. The Morgan fingerprint density at radius 1 is 1.33 bits per heavy atom. The monoisotopic (exact) mass is 345 g/mol. The second kappa shape index (κ2) is 7.42. The van der Waals surface area contributed by atoms with Gasteiger partial charge in [0.25, 0.3) is 5.91 Å². The number of carbonyl (C=O) groups excluding carboxylic acids is 1. The zero-order chi connectivity index (χ0) is 15.4. The smallest absolute Gasteiger partial charge is 0.279 e. The molecule has 1 heterocycles. The van der Waals surface area contributed by atoms with Crippen molar-refractivity contribution in [2.45, 2.75) is 39.2 Å². The fourth-order valence-corrected chi connectivity index (χ4v) is 3.74. The van der Waals surface area contributed by atoms with Crippen LogP contribution in [-0.2, 0) is 0 Å². The third-order valence-corrected chi connectivity index (χ3v) is 5.56. The third-order valence-electron chi connectivity index (χ3n) is 4.11. The molecule has 0 aromatic carbocycles. The van der Waals surface area contributed by atoms with E-state index in [1.165, 1.54) is 24.2 Å². The van der Waals surface area contributed by atoms with Crippen LogP contribution in [0.1, 0.15) is 42.8 Å². The second-order valence-electron chi connectivity index (χ2n) is 5.53. The predicted octanol–water partition coefficient (Wildman–Crippen LogP) is 3.34. The fraction of sp³-hybridized carbons (Fsp3) is 0.571. The molecular formula is C14H20ClN3OS2. The SMILES string of the molecule is C[C@@H]1[C@@H](C)CCC[C@H]1NC(=S)NNC(=O)c1ccc(Cl)s1. The Kier molecular flexibility index (Phi) is 5.84. The highest BCUT2D eigenvalue weighted by atomic mass is 35.5. The van der Waals surface area contributed by atoms with Crippen LogP contribution < -0.4 is 16.2 Å². The molecule has 3 N–H and O–H groups in total. The molecule has 1 saturated carbocycles. The van der Waals surface area contributed by atoms with Crippen molar-refractivity contribution in [2.24, 2.45) is 11.8 Å². The minimum Gasteiger partial charge on any atom is -0.358 e. The van der Waals surface area contributed by atoms with E-state index in [0.717, 1.165) is 6.42 Å². The summed E-state index contributed by atoms with van der Waals surface area (Å²) < 4.78 is 0.589. The van der Waals surface area contributed by atoms with Crippen LogP contribution in [0.25, 0.3) is 0 Å². The lowest BCUT2D eigenvalue weighted by atomic mass is 9.78. The molecule has 1 aliphatic carbocycles. The van der Waals surface area contributed by atoms with Gasteiger partial charge in [-0.1, -0.05) is 38.3 Å². The van der Waals surface area contributed by atoms with Crippen LogP contribution in [0.2, 0.25) is 4.34 Å². The van der Waals surface area contributed by atoms with E-state index >= 15 is 0 Å². The van der Waals surface area contributed by atoms with Gasteiger partial charge in [-0.3, -0.25) is 15.6 Å². The Morgan fingerprint density at radius 3 is 2.76 bits per heavy atom. The normalized spacial score (nSPS) is 25.2. The first kappa shape index (κ1) is 16.5. The lowest BCUT2D eigenvalue weighted by Crippen LogP contribution is -2.52. The van der Waals surface area contributed by atoms with E-state index in [1.807, 2.05) is 0 Å². The Labute approximate surface area is 139 Å². The minimum absolute atomic E-state index is 0.235. The van der Waals surface area contributed by atoms with Crippen molar-refractivity contribution >= 4 is 46.2 Å². The molecule has 0 spiro atoms. The summed E-state index contributed by atoms with van der Waals surface area (Å²) in [5.41, 5.74) is 5.34. The van der Waals surface area contributed by atoms with Crippen LogP contribution in [0.15, 0.2) is 12.1 Å². The molecule has 21 heavy (non-hydrogen) atoms. The van der Waals surface area contributed by atoms with E-state index < -0.39 is 0 Å². The number of carbonyl (C=O) groups is 1. The Bertz CT molecular complexity index is 520. The molecule has 116 valence electrons. The van der Waals surface area contributed by atoms with Crippen LogP contribution in [0.3, 0.4) is 0 Å². The molecule has 3 atom stereocenters. The summed E-state index contributed by atoms with van der Waals surface area (Å²) in [4.78, 5) is 12.4. The summed E-state index contributed by atoms with van der Waals surface area (Å²) in [6, 6.07) is 3.75. The van der Waals surface area contributed by atoms with Crippen molar-refractivity contribution < 1.29 is 4.79 Å². The van der Waals surface area contributed by atoms with E-state index in [0.29, 0.717) is 32.2 Å². The topological polar surface area (TPSA) is 53.2 Å². The first-order chi connectivity index (χ1) is 9.97. The lowest BCUT2D eigenvalue weighted by Gasteiger charge is -2.35. The van der Waals surface area contributed by atoms with Crippen LogP contribution in [0, 0.1) is 11.8 Å². The summed E-state index contributed by atoms with van der Waals surface area (Å²) in [6.07, 6.45) is 3.60. The van der Waals surface area contributed by atoms with Crippen LogP contribution in [0.4, 0.5) is 0 Å². The van der Waals surface area contributed by atoms with Crippen molar-refractivity contribution in [2.75, 3.05) is 0 Å². The Morgan fingerprint density at radius 2 is 2.10 bits per heavy atom. The second-order valence-corrected chi connectivity index (χ2v) is 7.65. The molecule has 4 nitrogen and oxygen atoms in total. The number of thiophene rings is 1. The number of hydrogen-bond acceptors (Lipinski definition) is 3. The molecule has 0 aliphatic heterocycles. The molecule has 0 unspecified atom stereocenters. The molecule has 7 heteroatoms. The van der Waals surface area contributed by atoms with Gasteiger partial charge in [0, 0.05) is 6.04 Å². The molecule has 1 amide bonds. The van der Waals surface area contributed by atoms with Gasteiger partial charge < -0.3 is 5.32 Å². The summed E-state index contributed by atoms with van der Waals surface area (Å²) in [6.45, 7) is 4.52. The number of hydrogen-bond donors (Lipinski definition) is 3. The summed E-state index contributed by atoms with van der Waals surface area (Å²) in [7, 11) is 0. The van der Waals surface area contributed by atoms with E-state index in [1.54, 1.807) is 12.1 Å². The van der Waals surface area contributed by atoms with Crippen molar-refractivity contribution in [3.05, 3.63) is 21.3 Å². The van der Waals surface area contributed by atoms with Crippen molar-refractivity contribution in [1.82, 2.24) is 16.2 Å². The van der Waals surface area contributed by atoms with Gasteiger partial charge in [0.2, 0.25) is 0 Å². The lowest BCUT2D eigenvalue weighted by molar-refractivity contribution is 0.0947. The van der Waals surface area contributed by atoms with Crippen molar-refractivity contribution in [1.29, 1.82) is 0 Å².